The number of carbonyl (C=O) groups is 3. The van der Waals surface area contributed by atoms with Crippen LogP contribution in [0.1, 0.15) is 142 Å². The van der Waals surface area contributed by atoms with E-state index in [1.54, 1.807) is 0 Å². The van der Waals surface area contributed by atoms with E-state index < -0.39 is 0 Å². The van der Waals surface area contributed by atoms with Gasteiger partial charge in [0.2, 0.25) is 0 Å². The fourth-order valence-corrected chi connectivity index (χ4v) is 7.64. The summed E-state index contributed by atoms with van der Waals surface area (Å²) in [5.41, 5.74) is 0.261. The van der Waals surface area contributed by atoms with Crippen molar-refractivity contribution < 1.29 is 28.6 Å². The van der Waals surface area contributed by atoms with E-state index in [-0.39, 0.29) is 69.5 Å². The molecule has 246 valence electrons. The van der Waals surface area contributed by atoms with E-state index in [0.717, 1.165) is 38.5 Å². The third kappa shape index (κ3) is 15.7. The van der Waals surface area contributed by atoms with Crippen LogP contribution in [0.15, 0.2) is 0 Å². The Morgan fingerprint density at radius 1 is 0.405 bits per heavy atom. The average Bonchev–Trinajstić information content (AvgIpc) is 2.58. The number of hydrogen-bond acceptors (Lipinski definition) is 9. The molecule has 9 heteroatoms. The van der Waals surface area contributed by atoms with Crippen LogP contribution in [-0.2, 0) is 28.6 Å². The highest BCUT2D eigenvalue weighted by Crippen LogP contribution is 2.32. The molecule has 9 nitrogen and oxygen atoms in total. The summed E-state index contributed by atoms with van der Waals surface area (Å²) in [6.07, 6.45) is 5.47. The third-order valence-electron chi connectivity index (χ3n) is 7.46. The van der Waals surface area contributed by atoms with Gasteiger partial charge in [0.05, 0.1) is 0 Å². The Bertz CT molecular complexity index is 771. The summed E-state index contributed by atoms with van der Waals surface area (Å²) in [6.45, 7) is 30.1. The van der Waals surface area contributed by atoms with Gasteiger partial charge in [-0.2, -0.15) is 0 Å². The maximum absolute atomic E-state index is 10.9. The Kier molecular flexibility index (Phi) is 12.7. The van der Waals surface area contributed by atoms with E-state index in [0.29, 0.717) is 0 Å². The van der Waals surface area contributed by atoms with Gasteiger partial charge in [-0.25, -0.2) is 0 Å². The number of piperidine rings is 3. The average molecular weight is 598 g/mol. The number of hydrogen-bond donors (Lipinski definition) is 3. The molecule has 0 spiro atoms. The lowest BCUT2D eigenvalue weighted by Crippen LogP contribution is -2.59. The Labute approximate surface area is 256 Å². The molecular formula is C33H63N3O6. The van der Waals surface area contributed by atoms with Gasteiger partial charge in [-0.05, 0) is 83.1 Å². The van der Waals surface area contributed by atoms with Crippen molar-refractivity contribution in [1.82, 2.24) is 16.0 Å². The molecule has 0 aliphatic carbocycles. The van der Waals surface area contributed by atoms with Gasteiger partial charge in [0.1, 0.15) is 18.3 Å². The van der Waals surface area contributed by atoms with Gasteiger partial charge in [0.15, 0.2) is 0 Å². The van der Waals surface area contributed by atoms with Crippen LogP contribution >= 0.6 is 0 Å². The second-order valence-corrected chi connectivity index (χ2v) is 16.6. The Morgan fingerprint density at radius 3 is 0.667 bits per heavy atom. The smallest absolute Gasteiger partial charge is 0.302 e. The molecule has 0 unspecified atom stereocenters. The Balaban J connectivity index is 0.000000315. The summed E-state index contributed by atoms with van der Waals surface area (Å²) in [4.78, 5) is 32.7. The van der Waals surface area contributed by atoms with Crippen molar-refractivity contribution >= 4 is 17.9 Å². The first-order chi connectivity index (χ1) is 18.6. The monoisotopic (exact) mass is 597 g/mol. The molecule has 0 amide bonds. The second kappa shape index (κ2) is 13.9. The minimum atomic E-state index is -0.177. The summed E-state index contributed by atoms with van der Waals surface area (Å²) >= 11 is 0. The van der Waals surface area contributed by atoms with Crippen LogP contribution < -0.4 is 16.0 Å². The fraction of sp³-hybridized carbons (Fsp3) is 0.909. The highest BCUT2D eigenvalue weighted by molar-refractivity contribution is 5.66. The quantitative estimate of drug-likeness (QED) is 0.283. The Morgan fingerprint density at radius 2 is 0.548 bits per heavy atom. The molecule has 0 atom stereocenters. The zero-order valence-electron chi connectivity index (χ0n) is 29.4. The van der Waals surface area contributed by atoms with Gasteiger partial charge in [-0.15, -0.1) is 0 Å². The first kappa shape index (κ1) is 38.3. The standard InChI is InChI=1S/3C11H21NO2/c3*1-8(13)14-9-6-10(2,3)12-11(4,5)7-9/h3*9,12H,6-7H2,1-5H3. The van der Waals surface area contributed by atoms with E-state index in [4.69, 9.17) is 14.2 Å². The number of ether oxygens (including phenoxy) is 3. The predicted molar refractivity (Wildman–Crippen MR) is 168 cm³/mol. The Hall–Kier alpha value is -1.71. The largest absolute Gasteiger partial charge is 0.462 e. The minimum absolute atomic E-state index is 0.0435. The third-order valence-corrected chi connectivity index (χ3v) is 7.46. The summed E-state index contributed by atoms with van der Waals surface area (Å²) in [7, 11) is 0. The van der Waals surface area contributed by atoms with Crippen molar-refractivity contribution in [3.8, 4) is 0 Å². The SMILES string of the molecule is CC(=O)OC1CC(C)(C)NC(C)(C)C1.CC(=O)OC1CC(C)(C)NC(C)(C)C1.CC(=O)OC1CC(C)(C)NC(C)(C)C1. The number of rotatable bonds is 3. The number of esters is 3. The molecule has 0 saturated carbocycles. The zero-order chi connectivity index (χ0) is 32.9. The van der Waals surface area contributed by atoms with Gasteiger partial charge >= 0.3 is 17.9 Å². The normalized spacial score (nSPS) is 25.8. The molecule has 0 bridgehead atoms. The van der Waals surface area contributed by atoms with Crippen LogP contribution in [0, 0.1) is 0 Å². The predicted octanol–water partition coefficient (Wildman–Crippen LogP) is 5.58. The lowest BCUT2D eigenvalue weighted by Gasteiger charge is -2.45. The van der Waals surface area contributed by atoms with Gasteiger partial charge in [0, 0.05) is 92.5 Å². The molecule has 0 aromatic carbocycles. The van der Waals surface area contributed by atoms with Crippen molar-refractivity contribution in [3.05, 3.63) is 0 Å². The van der Waals surface area contributed by atoms with Crippen LogP contribution in [0.4, 0.5) is 0 Å². The zero-order valence-corrected chi connectivity index (χ0v) is 29.4. The summed E-state index contributed by atoms with van der Waals surface area (Å²) in [6, 6.07) is 0. The summed E-state index contributed by atoms with van der Waals surface area (Å²) in [5, 5.41) is 10.6. The number of nitrogens with one attached hydrogen (secondary N) is 3. The molecule has 0 aromatic heterocycles. The van der Waals surface area contributed by atoms with Crippen molar-refractivity contribution in [1.29, 1.82) is 0 Å². The first-order valence-corrected chi connectivity index (χ1v) is 15.5. The fourth-order valence-electron chi connectivity index (χ4n) is 7.64. The van der Waals surface area contributed by atoms with Crippen LogP contribution in [0.2, 0.25) is 0 Å². The number of carbonyl (C=O) groups excluding carboxylic acids is 3. The molecule has 3 aliphatic heterocycles. The van der Waals surface area contributed by atoms with Gasteiger partial charge in [-0.1, -0.05) is 0 Å². The minimum Gasteiger partial charge on any atom is -0.462 e. The molecule has 3 N–H and O–H groups in total. The highest BCUT2D eigenvalue weighted by atomic mass is 16.5. The van der Waals surface area contributed by atoms with Crippen LogP contribution in [-0.4, -0.2) is 69.5 Å². The van der Waals surface area contributed by atoms with Crippen LogP contribution in [0.5, 0.6) is 0 Å². The molecule has 3 aliphatic rings. The van der Waals surface area contributed by atoms with Crippen LogP contribution in [0.3, 0.4) is 0 Å². The molecule has 3 rings (SSSR count). The lowest BCUT2D eigenvalue weighted by atomic mass is 9.81. The van der Waals surface area contributed by atoms with E-state index >= 15 is 0 Å². The topological polar surface area (TPSA) is 115 Å². The highest BCUT2D eigenvalue weighted by Gasteiger charge is 2.41. The van der Waals surface area contributed by atoms with Gasteiger partial charge in [-0.3, -0.25) is 14.4 Å². The lowest BCUT2D eigenvalue weighted by molar-refractivity contribution is -0.151. The van der Waals surface area contributed by atoms with Gasteiger partial charge in [0.25, 0.3) is 0 Å². The van der Waals surface area contributed by atoms with Gasteiger partial charge < -0.3 is 30.2 Å². The van der Waals surface area contributed by atoms with E-state index in [1.807, 2.05) is 0 Å². The molecule has 0 aromatic rings. The second-order valence-electron chi connectivity index (χ2n) is 16.6. The molecule has 0 radical (unpaired) electrons. The first-order valence-electron chi connectivity index (χ1n) is 15.5. The molecule has 3 saturated heterocycles. The molecule has 3 fully saturated rings. The van der Waals surface area contributed by atoms with Crippen molar-refractivity contribution in [2.45, 2.75) is 194 Å². The summed E-state index contributed by atoms with van der Waals surface area (Å²) in [5.74, 6) is -0.532. The van der Waals surface area contributed by atoms with Crippen LogP contribution in [0.25, 0.3) is 0 Å². The van der Waals surface area contributed by atoms with E-state index in [1.165, 1.54) is 20.8 Å². The van der Waals surface area contributed by atoms with E-state index in [9.17, 15) is 14.4 Å². The van der Waals surface area contributed by atoms with Crippen molar-refractivity contribution in [2.24, 2.45) is 0 Å². The maximum Gasteiger partial charge on any atom is 0.302 e. The van der Waals surface area contributed by atoms with Crippen molar-refractivity contribution in [3.63, 3.8) is 0 Å². The molecule has 3 heterocycles. The van der Waals surface area contributed by atoms with Crippen molar-refractivity contribution in [2.75, 3.05) is 0 Å². The maximum atomic E-state index is 10.9. The molecular weight excluding hydrogens is 534 g/mol. The van der Waals surface area contributed by atoms with E-state index in [2.05, 4.69) is 99.0 Å². The summed E-state index contributed by atoms with van der Waals surface area (Å²) < 4.78 is 15.9. The molecule has 42 heavy (non-hydrogen) atoms.